The van der Waals surface area contributed by atoms with Crippen LogP contribution in [-0.4, -0.2) is 18.6 Å². The Hall–Kier alpha value is -1.67. The number of nitrogens with zero attached hydrogens (tertiary/aromatic N) is 2. The monoisotopic (exact) mass is 284 g/mol. The molecule has 0 unspecified atom stereocenters. The average Bonchev–Trinajstić information content (AvgIpc) is 2.71. The van der Waals surface area contributed by atoms with Gasteiger partial charge >= 0.3 is 0 Å². The number of sulfonamides is 1. The molecule has 3 N–H and O–H groups in total. The number of aromatic nitrogens is 2. The summed E-state index contributed by atoms with van der Waals surface area (Å²) in [5, 5.41) is 7.12. The normalized spacial score (nSPS) is 11.4. The molecule has 0 bridgehead atoms. The number of aryl methyl sites for hydroxylation is 2. The number of nitrogens with two attached hydrogens (primary N) is 1. The van der Waals surface area contributed by atoms with Gasteiger partial charge < -0.3 is 5.73 Å². The highest BCUT2D eigenvalue weighted by Crippen LogP contribution is 2.21. The van der Waals surface area contributed by atoms with Crippen molar-refractivity contribution in [1.82, 2.24) is 10.2 Å². The molecule has 1 aromatic heterocycles. The Bertz CT molecular complexity index is 679. The third kappa shape index (κ3) is 2.59. The van der Waals surface area contributed by atoms with Crippen LogP contribution in [0.3, 0.4) is 0 Å². The standard InChI is InChI=1S/C10H12N4O2S2/c1-6-3-4-8(5-7(6)2)14-18(15,16)10-13-12-9(11)17-10/h3-5,14H,1-2H3,(H2,11,12). The predicted molar refractivity (Wildman–Crippen MR) is 71.0 cm³/mol. The van der Waals surface area contributed by atoms with Gasteiger partial charge in [0.15, 0.2) is 0 Å². The number of hydrogen-bond donors (Lipinski definition) is 2. The van der Waals surface area contributed by atoms with Gasteiger partial charge in [0.25, 0.3) is 14.4 Å². The summed E-state index contributed by atoms with van der Waals surface area (Å²) in [5.74, 6) is 0. The first kappa shape index (κ1) is 12.8. The fourth-order valence-corrected chi connectivity index (χ4v) is 3.17. The van der Waals surface area contributed by atoms with E-state index in [1.165, 1.54) is 0 Å². The van der Waals surface area contributed by atoms with Gasteiger partial charge in [-0.05, 0) is 37.1 Å². The molecule has 96 valence electrons. The molecule has 0 aliphatic heterocycles. The lowest BCUT2D eigenvalue weighted by Gasteiger charge is -2.07. The first-order valence-electron chi connectivity index (χ1n) is 5.07. The minimum atomic E-state index is -3.71. The van der Waals surface area contributed by atoms with Crippen LogP contribution in [0.1, 0.15) is 11.1 Å². The van der Waals surface area contributed by atoms with Crippen LogP contribution in [0.4, 0.5) is 10.8 Å². The Morgan fingerprint density at radius 3 is 2.50 bits per heavy atom. The highest BCUT2D eigenvalue weighted by atomic mass is 32.2. The maximum atomic E-state index is 12.0. The van der Waals surface area contributed by atoms with Crippen LogP contribution in [0.25, 0.3) is 0 Å². The van der Waals surface area contributed by atoms with Crippen LogP contribution in [0.15, 0.2) is 22.5 Å². The summed E-state index contributed by atoms with van der Waals surface area (Å²) in [4.78, 5) is 0. The Balaban J connectivity index is 2.30. The van der Waals surface area contributed by atoms with E-state index in [4.69, 9.17) is 5.73 Å². The molecule has 0 saturated heterocycles. The zero-order chi connectivity index (χ0) is 13.3. The quantitative estimate of drug-likeness (QED) is 0.890. The predicted octanol–water partition coefficient (Wildman–Crippen LogP) is 1.54. The molecular formula is C10H12N4O2S2. The van der Waals surface area contributed by atoms with Gasteiger partial charge in [0, 0.05) is 5.69 Å². The van der Waals surface area contributed by atoms with Gasteiger partial charge in [-0.3, -0.25) is 4.72 Å². The molecule has 0 radical (unpaired) electrons. The van der Waals surface area contributed by atoms with E-state index < -0.39 is 10.0 Å². The summed E-state index contributed by atoms with van der Waals surface area (Å²) in [6, 6.07) is 5.31. The number of rotatable bonds is 3. The Kier molecular flexibility index (Phi) is 3.22. The summed E-state index contributed by atoms with van der Waals surface area (Å²) in [6.07, 6.45) is 0. The molecule has 18 heavy (non-hydrogen) atoms. The Morgan fingerprint density at radius 1 is 1.22 bits per heavy atom. The summed E-state index contributed by atoms with van der Waals surface area (Å²) in [5.41, 5.74) is 7.96. The third-order valence-corrected chi connectivity index (χ3v) is 4.91. The summed E-state index contributed by atoms with van der Waals surface area (Å²) < 4.78 is 26.2. The third-order valence-electron chi connectivity index (χ3n) is 2.41. The molecule has 1 heterocycles. The van der Waals surface area contributed by atoms with E-state index in [1.54, 1.807) is 12.1 Å². The van der Waals surface area contributed by atoms with Gasteiger partial charge in [-0.15, -0.1) is 10.2 Å². The average molecular weight is 284 g/mol. The maximum Gasteiger partial charge on any atom is 0.291 e. The van der Waals surface area contributed by atoms with Crippen LogP contribution in [0.5, 0.6) is 0 Å². The number of nitrogens with one attached hydrogen (secondary N) is 1. The fraction of sp³-hybridized carbons (Fsp3) is 0.200. The molecule has 1 aromatic carbocycles. The molecule has 0 atom stereocenters. The highest BCUT2D eigenvalue weighted by molar-refractivity contribution is 7.94. The van der Waals surface area contributed by atoms with Crippen molar-refractivity contribution >= 4 is 32.2 Å². The lowest BCUT2D eigenvalue weighted by Crippen LogP contribution is -2.12. The van der Waals surface area contributed by atoms with E-state index in [0.717, 1.165) is 22.5 Å². The number of hydrogen-bond acceptors (Lipinski definition) is 6. The zero-order valence-corrected chi connectivity index (χ0v) is 11.5. The van der Waals surface area contributed by atoms with E-state index in [1.807, 2.05) is 19.9 Å². The van der Waals surface area contributed by atoms with Gasteiger partial charge in [0.2, 0.25) is 5.13 Å². The molecule has 0 saturated carbocycles. The highest BCUT2D eigenvalue weighted by Gasteiger charge is 2.19. The van der Waals surface area contributed by atoms with Gasteiger partial charge in [0.05, 0.1) is 0 Å². The van der Waals surface area contributed by atoms with E-state index in [2.05, 4.69) is 14.9 Å². The van der Waals surface area contributed by atoms with Crippen molar-refractivity contribution < 1.29 is 8.42 Å². The van der Waals surface area contributed by atoms with E-state index in [-0.39, 0.29) is 9.47 Å². The van der Waals surface area contributed by atoms with Crippen LogP contribution in [0, 0.1) is 13.8 Å². The van der Waals surface area contributed by atoms with Gasteiger partial charge in [-0.1, -0.05) is 17.4 Å². The molecular weight excluding hydrogens is 272 g/mol. The lowest BCUT2D eigenvalue weighted by molar-refractivity contribution is 0.599. The van der Waals surface area contributed by atoms with Crippen LogP contribution in [0.2, 0.25) is 0 Å². The van der Waals surface area contributed by atoms with Gasteiger partial charge in [0.1, 0.15) is 0 Å². The number of anilines is 2. The first-order valence-corrected chi connectivity index (χ1v) is 7.37. The molecule has 2 aromatic rings. The number of nitrogen functional groups attached to an aromatic ring is 1. The van der Waals surface area contributed by atoms with Crippen molar-refractivity contribution in [2.24, 2.45) is 0 Å². The smallest absolute Gasteiger partial charge is 0.291 e. The van der Waals surface area contributed by atoms with Crippen molar-refractivity contribution in [2.75, 3.05) is 10.5 Å². The minimum absolute atomic E-state index is 0.121. The minimum Gasteiger partial charge on any atom is -0.374 e. The van der Waals surface area contributed by atoms with E-state index >= 15 is 0 Å². The van der Waals surface area contributed by atoms with Crippen molar-refractivity contribution in [3.8, 4) is 0 Å². The molecule has 0 amide bonds. The molecule has 6 nitrogen and oxygen atoms in total. The molecule has 0 aliphatic carbocycles. The summed E-state index contributed by atoms with van der Waals surface area (Å²) in [6.45, 7) is 3.87. The SMILES string of the molecule is Cc1ccc(NS(=O)(=O)c2nnc(N)s2)cc1C. The summed E-state index contributed by atoms with van der Waals surface area (Å²) in [7, 11) is -3.71. The van der Waals surface area contributed by atoms with E-state index in [0.29, 0.717) is 5.69 Å². The Labute approximate surface area is 109 Å². The van der Waals surface area contributed by atoms with Crippen LogP contribution in [-0.2, 0) is 10.0 Å². The van der Waals surface area contributed by atoms with Crippen molar-refractivity contribution in [1.29, 1.82) is 0 Å². The molecule has 8 heteroatoms. The zero-order valence-electron chi connectivity index (χ0n) is 9.84. The second-order valence-corrected chi connectivity index (χ2v) is 6.68. The van der Waals surface area contributed by atoms with E-state index in [9.17, 15) is 8.42 Å². The first-order chi connectivity index (χ1) is 8.38. The molecule has 2 rings (SSSR count). The van der Waals surface area contributed by atoms with Gasteiger partial charge in [-0.25, -0.2) is 0 Å². The second kappa shape index (κ2) is 4.54. The van der Waals surface area contributed by atoms with Crippen molar-refractivity contribution in [3.63, 3.8) is 0 Å². The van der Waals surface area contributed by atoms with Crippen LogP contribution >= 0.6 is 11.3 Å². The maximum absolute atomic E-state index is 12.0. The van der Waals surface area contributed by atoms with Crippen molar-refractivity contribution in [3.05, 3.63) is 29.3 Å². The summed E-state index contributed by atoms with van der Waals surface area (Å²) >= 11 is 0.826. The van der Waals surface area contributed by atoms with Crippen LogP contribution < -0.4 is 10.5 Å². The number of benzene rings is 1. The second-order valence-electron chi connectivity index (χ2n) is 3.81. The fourth-order valence-electron chi connectivity index (χ4n) is 1.33. The topological polar surface area (TPSA) is 98.0 Å². The Morgan fingerprint density at radius 2 is 1.94 bits per heavy atom. The molecule has 0 aliphatic rings. The molecule has 0 spiro atoms. The van der Waals surface area contributed by atoms with Crippen molar-refractivity contribution in [2.45, 2.75) is 18.2 Å². The largest absolute Gasteiger partial charge is 0.374 e. The lowest BCUT2D eigenvalue weighted by atomic mass is 10.1. The van der Waals surface area contributed by atoms with Gasteiger partial charge in [-0.2, -0.15) is 8.42 Å². The molecule has 0 fully saturated rings.